The van der Waals surface area contributed by atoms with Gasteiger partial charge in [-0.15, -0.1) is 0 Å². The van der Waals surface area contributed by atoms with Crippen molar-refractivity contribution in [3.8, 4) is 0 Å². The van der Waals surface area contributed by atoms with Gasteiger partial charge in [0.15, 0.2) is 4.67 Å². The van der Waals surface area contributed by atoms with E-state index in [1.807, 2.05) is 6.07 Å². The lowest BCUT2D eigenvalue weighted by Crippen LogP contribution is -2.23. The molecule has 1 aromatic rings. The standard InChI is InChI=1S/C12H18BrNO/c1-4-14-11(8-7-12(8,2)3)9-5-6-10(13)15-9/h5-6,8,11,14H,4,7H2,1-3H3. The van der Waals surface area contributed by atoms with Crippen molar-refractivity contribution < 1.29 is 4.42 Å². The molecule has 0 spiro atoms. The fraction of sp³-hybridized carbons (Fsp3) is 0.667. The Morgan fingerprint density at radius 2 is 2.27 bits per heavy atom. The third kappa shape index (κ3) is 2.28. The van der Waals surface area contributed by atoms with E-state index in [4.69, 9.17) is 4.42 Å². The Morgan fingerprint density at radius 3 is 2.67 bits per heavy atom. The molecule has 1 aliphatic rings. The summed E-state index contributed by atoms with van der Waals surface area (Å²) in [5.74, 6) is 1.76. The van der Waals surface area contributed by atoms with E-state index in [2.05, 4.69) is 48.1 Å². The van der Waals surface area contributed by atoms with Crippen molar-refractivity contribution in [1.29, 1.82) is 0 Å². The quantitative estimate of drug-likeness (QED) is 0.903. The van der Waals surface area contributed by atoms with Crippen LogP contribution in [0.3, 0.4) is 0 Å². The van der Waals surface area contributed by atoms with E-state index in [1.165, 1.54) is 6.42 Å². The fourth-order valence-corrected chi connectivity index (χ4v) is 2.55. The van der Waals surface area contributed by atoms with E-state index < -0.39 is 0 Å². The first kappa shape index (κ1) is 11.2. The molecular weight excluding hydrogens is 254 g/mol. The van der Waals surface area contributed by atoms with Crippen molar-refractivity contribution in [2.24, 2.45) is 11.3 Å². The zero-order valence-corrected chi connectivity index (χ0v) is 11.1. The van der Waals surface area contributed by atoms with E-state index in [0.29, 0.717) is 17.4 Å². The topological polar surface area (TPSA) is 25.2 Å². The van der Waals surface area contributed by atoms with Gasteiger partial charge in [-0.3, -0.25) is 0 Å². The molecule has 0 bridgehead atoms. The third-order valence-electron chi connectivity index (χ3n) is 3.32. The Morgan fingerprint density at radius 1 is 1.60 bits per heavy atom. The van der Waals surface area contributed by atoms with Gasteiger partial charge >= 0.3 is 0 Å². The molecule has 0 aromatic carbocycles. The predicted molar refractivity (Wildman–Crippen MR) is 64.7 cm³/mol. The minimum Gasteiger partial charge on any atom is -0.453 e. The van der Waals surface area contributed by atoms with E-state index >= 15 is 0 Å². The van der Waals surface area contributed by atoms with E-state index in [-0.39, 0.29) is 0 Å². The number of hydrogen-bond acceptors (Lipinski definition) is 2. The van der Waals surface area contributed by atoms with E-state index in [9.17, 15) is 0 Å². The highest BCUT2D eigenvalue weighted by Gasteiger charge is 2.51. The molecule has 0 aliphatic heterocycles. The van der Waals surface area contributed by atoms with Gasteiger partial charge in [-0.1, -0.05) is 20.8 Å². The fourth-order valence-electron chi connectivity index (χ4n) is 2.23. The summed E-state index contributed by atoms with van der Waals surface area (Å²) < 4.78 is 6.47. The van der Waals surface area contributed by atoms with Crippen LogP contribution >= 0.6 is 15.9 Å². The van der Waals surface area contributed by atoms with Crippen molar-refractivity contribution in [3.05, 3.63) is 22.6 Å². The van der Waals surface area contributed by atoms with Gasteiger partial charge in [0.2, 0.25) is 0 Å². The molecule has 1 heterocycles. The zero-order chi connectivity index (χ0) is 11.1. The average Bonchev–Trinajstić information content (AvgIpc) is 2.59. The van der Waals surface area contributed by atoms with Crippen molar-refractivity contribution in [2.75, 3.05) is 6.54 Å². The van der Waals surface area contributed by atoms with Crippen LogP contribution in [0.1, 0.15) is 39.0 Å². The number of nitrogens with one attached hydrogen (secondary N) is 1. The van der Waals surface area contributed by atoms with Crippen LogP contribution < -0.4 is 5.32 Å². The van der Waals surface area contributed by atoms with Crippen molar-refractivity contribution in [2.45, 2.75) is 33.2 Å². The Hall–Kier alpha value is -0.280. The lowest BCUT2D eigenvalue weighted by atomic mass is 10.0. The van der Waals surface area contributed by atoms with Crippen LogP contribution in [0.2, 0.25) is 0 Å². The summed E-state index contributed by atoms with van der Waals surface area (Å²) in [5.41, 5.74) is 0.464. The van der Waals surface area contributed by atoms with Gasteiger partial charge in [0.05, 0.1) is 6.04 Å². The summed E-state index contributed by atoms with van der Waals surface area (Å²) in [7, 11) is 0. The molecule has 2 rings (SSSR count). The second-order valence-electron chi connectivity index (χ2n) is 4.98. The van der Waals surface area contributed by atoms with Crippen LogP contribution in [-0.2, 0) is 0 Å². The first-order valence-corrected chi connectivity index (χ1v) is 6.32. The van der Waals surface area contributed by atoms with E-state index in [0.717, 1.165) is 17.0 Å². The highest BCUT2D eigenvalue weighted by molar-refractivity contribution is 9.10. The number of rotatable bonds is 4. The lowest BCUT2D eigenvalue weighted by molar-refractivity contribution is 0.349. The first-order chi connectivity index (χ1) is 7.04. The molecule has 1 N–H and O–H groups in total. The van der Waals surface area contributed by atoms with Crippen LogP contribution in [0.4, 0.5) is 0 Å². The maximum atomic E-state index is 5.65. The van der Waals surface area contributed by atoms with Crippen LogP contribution in [0.25, 0.3) is 0 Å². The number of halogens is 1. The summed E-state index contributed by atoms with van der Waals surface area (Å²) in [5, 5.41) is 3.52. The second-order valence-corrected chi connectivity index (χ2v) is 5.76. The number of hydrogen-bond donors (Lipinski definition) is 1. The maximum Gasteiger partial charge on any atom is 0.169 e. The smallest absolute Gasteiger partial charge is 0.169 e. The number of furan rings is 1. The van der Waals surface area contributed by atoms with Gasteiger partial charge in [-0.05, 0) is 52.4 Å². The average molecular weight is 272 g/mol. The Kier molecular flexibility index (Phi) is 2.95. The molecule has 3 heteroatoms. The summed E-state index contributed by atoms with van der Waals surface area (Å²) in [6.45, 7) is 7.76. The van der Waals surface area contributed by atoms with Gasteiger partial charge in [0.25, 0.3) is 0 Å². The molecule has 0 saturated heterocycles. The summed E-state index contributed by atoms with van der Waals surface area (Å²) >= 11 is 3.36. The van der Waals surface area contributed by atoms with Crippen LogP contribution in [-0.4, -0.2) is 6.54 Å². The predicted octanol–water partition coefficient (Wildman–Crippen LogP) is 3.74. The molecule has 2 unspecified atom stereocenters. The molecule has 15 heavy (non-hydrogen) atoms. The summed E-state index contributed by atoms with van der Waals surface area (Å²) in [6, 6.07) is 4.40. The molecular formula is C12H18BrNO. The molecule has 0 amide bonds. The van der Waals surface area contributed by atoms with Crippen LogP contribution in [0.15, 0.2) is 21.2 Å². The van der Waals surface area contributed by atoms with Crippen molar-refractivity contribution in [1.82, 2.24) is 5.32 Å². The highest BCUT2D eigenvalue weighted by atomic mass is 79.9. The molecule has 0 radical (unpaired) electrons. The molecule has 84 valence electrons. The lowest BCUT2D eigenvalue weighted by Gasteiger charge is -2.17. The van der Waals surface area contributed by atoms with Gasteiger partial charge < -0.3 is 9.73 Å². The van der Waals surface area contributed by atoms with Gasteiger partial charge in [-0.2, -0.15) is 0 Å². The highest BCUT2D eigenvalue weighted by Crippen LogP contribution is 2.57. The normalized spacial score (nSPS) is 25.2. The SMILES string of the molecule is CCNC(c1ccc(Br)o1)C1CC1(C)C. The maximum absolute atomic E-state index is 5.65. The summed E-state index contributed by atoms with van der Waals surface area (Å²) in [4.78, 5) is 0. The third-order valence-corrected chi connectivity index (χ3v) is 3.74. The first-order valence-electron chi connectivity index (χ1n) is 5.53. The van der Waals surface area contributed by atoms with Gasteiger partial charge in [-0.25, -0.2) is 0 Å². The molecule has 2 atom stereocenters. The Labute approximate surface area is 99.6 Å². The zero-order valence-electron chi connectivity index (χ0n) is 9.51. The second kappa shape index (κ2) is 3.95. The van der Waals surface area contributed by atoms with Crippen LogP contribution in [0, 0.1) is 11.3 Å². The molecule has 1 saturated carbocycles. The van der Waals surface area contributed by atoms with Crippen molar-refractivity contribution in [3.63, 3.8) is 0 Å². The van der Waals surface area contributed by atoms with Gasteiger partial charge in [0, 0.05) is 0 Å². The molecule has 1 fully saturated rings. The summed E-state index contributed by atoms with van der Waals surface area (Å²) in [6.07, 6.45) is 1.28. The monoisotopic (exact) mass is 271 g/mol. The Balaban J connectivity index is 2.14. The molecule has 1 aliphatic carbocycles. The van der Waals surface area contributed by atoms with Crippen LogP contribution in [0.5, 0.6) is 0 Å². The van der Waals surface area contributed by atoms with Crippen molar-refractivity contribution >= 4 is 15.9 Å². The molecule has 1 aromatic heterocycles. The van der Waals surface area contributed by atoms with Gasteiger partial charge in [0.1, 0.15) is 5.76 Å². The Bertz CT molecular complexity index is 345. The largest absolute Gasteiger partial charge is 0.453 e. The minimum absolute atomic E-state index is 0.372. The van der Waals surface area contributed by atoms with E-state index in [1.54, 1.807) is 0 Å². The minimum atomic E-state index is 0.372. The molecule has 2 nitrogen and oxygen atoms in total.